The monoisotopic (exact) mass is 671 g/mol. The van der Waals surface area contributed by atoms with Gasteiger partial charge < -0.3 is 23.8 Å². The molecular weight excluding hydrogens is 625 g/mol. The summed E-state index contributed by atoms with van der Waals surface area (Å²) in [7, 11) is -0.821. The van der Waals surface area contributed by atoms with E-state index in [4.69, 9.17) is 18.9 Å². The first kappa shape index (κ1) is 36.3. The highest BCUT2D eigenvalue weighted by molar-refractivity contribution is 7.89. The average molecular weight is 672 g/mol. The van der Waals surface area contributed by atoms with E-state index in [1.807, 2.05) is 45.0 Å². The Morgan fingerprint density at radius 2 is 1.81 bits per heavy atom. The van der Waals surface area contributed by atoms with Gasteiger partial charge in [-0.05, 0) is 87.2 Å². The Labute approximate surface area is 277 Å². The number of hydrogen-bond acceptors (Lipinski definition) is 8. The molecule has 0 N–H and O–H groups in total. The molecule has 256 valence electrons. The van der Waals surface area contributed by atoms with Gasteiger partial charge in [-0.3, -0.25) is 4.79 Å². The van der Waals surface area contributed by atoms with Crippen LogP contribution in [0, 0.1) is 11.7 Å². The van der Waals surface area contributed by atoms with Crippen molar-refractivity contribution in [1.29, 1.82) is 0 Å². The second-order valence-corrected chi connectivity index (χ2v) is 14.1. The van der Waals surface area contributed by atoms with Crippen molar-refractivity contribution < 1.29 is 36.6 Å². The molecule has 2 heterocycles. The molecule has 1 aliphatic heterocycles. The van der Waals surface area contributed by atoms with Crippen molar-refractivity contribution in [3.8, 4) is 11.5 Å². The Balaban J connectivity index is 1.58. The van der Waals surface area contributed by atoms with E-state index in [0.29, 0.717) is 19.0 Å². The van der Waals surface area contributed by atoms with Crippen molar-refractivity contribution in [2.24, 2.45) is 5.92 Å². The second kappa shape index (κ2) is 17.0. The summed E-state index contributed by atoms with van der Waals surface area (Å²) in [6, 6.07) is 15.5. The highest BCUT2D eigenvalue weighted by Crippen LogP contribution is 2.25. The number of rotatable bonds is 10. The van der Waals surface area contributed by atoms with Crippen LogP contribution >= 0.6 is 0 Å². The van der Waals surface area contributed by atoms with Gasteiger partial charge in [-0.25, -0.2) is 17.8 Å². The molecule has 2 aromatic carbocycles. The number of sulfonamides is 1. The van der Waals surface area contributed by atoms with Crippen LogP contribution < -0.4 is 9.47 Å². The summed E-state index contributed by atoms with van der Waals surface area (Å²) in [5, 5.41) is 0. The van der Waals surface area contributed by atoms with Gasteiger partial charge in [0.25, 0.3) is 5.91 Å². The van der Waals surface area contributed by atoms with Gasteiger partial charge in [0.1, 0.15) is 11.6 Å². The Kier molecular flexibility index (Phi) is 13.1. The summed E-state index contributed by atoms with van der Waals surface area (Å²) in [5.74, 6) is 0.0523. The van der Waals surface area contributed by atoms with E-state index in [1.165, 1.54) is 23.5 Å². The molecule has 0 aliphatic carbocycles. The van der Waals surface area contributed by atoms with Crippen molar-refractivity contribution in [3.05, 3.63) is 83.9 Å². The number of methoxy groups -OCH3 is 1. The third-order valence-corrected chi connectivity index (χ3v) is 10.1. The number of ether oxygens (including phenoxy) is 4. The molecule has 1 aromatic heterocycles. The maximum atomic E-state index is 14.2. The molecule has 0 saturated carbocycles. The fraction of sp³-hybridized carbons (Fsp3) is 0.486. The van der Waals surface area contributed by atoms with Crippen molar-refractivity contribution >= 4 is 15.9 Å². The molecule has 0 spiro atoms. The summed E-state index contributed by atoms with van der Waals surface area (Å²) in [6.07, 6.45) is 3.19. The Morgan fingerprint density at radius 3 is 2.51 bits per heavy atom. The fourth-order valence-corrected chi connectivity index (χ4v) is 6.59. The first-order valence-corrected chi connectivity index (χ1v) is 17.4. The lowest BCUT2D eigenvalue weighted by atomic mass is 10.0. The van der Waals surface area contributed by atoms with Crippen LogP contribution in [0.1, 0.15) is 56.1 Å². The number of carbonyl (C=O) groups is 1. The lowest BCUT2D eigenvalue weighted by molar-refractivity contribution is -0.0122. The molecule has 47 heavy (non-hydrogen) atoms. The predicted molar refractivity (Wildman–Crippen MR) is 176 cm³/mol. The lowest BCUT2D eigenvalue weighted by Gasteiger charge is -2.35. The van der Waals surface area contributed by atoms with Crippen molar-refractivity contribution in [3.63, 3.8) is 0 Å². The van der Waals surface area contributed by atoms with E-state index in [2.05, 4.69) is 4.98 Å². The molecule has 1 amide bonds. The van der Waals surface area contributed by atoms with Crippen LogP contribution in [0.3, 0.4) is 0 Å². The van der Waals surface area contributed by atoms with Crippen LogP contribution in [0.5, 0.6) is 11.5 Å². The molecule has 0 unspecified atom stereocenters. The number of aromatic nitrogens is 1. The number of likely N-dealkylation sites (N-methyl/N-ethyl adjacent to an activating group) is 1. The minimum absolute atomic E-state index is 0.00829. The number of amides is 1. The van der Waals surface area contributed by atoms with E-state index in [1.54, 1.807) is 30.3 Å². The number of carbonyl (C=O) groups excluding carboxylic acids is 1. The number of nitrogens with zero attached hydrogens (tertiary/aromatic N) is 3. The van der Waals surface area contributed by atoms with E-state index >= 15 is 0 Å². The molecule has 1 aliphatic rings. The molecule has 4 atom stereocenters. The SMILES string of the molecule is COc1ccc(COC[C@H](C)N2C[C@@H](C)[C@H](CN(C)S(=O)(=O)c3ccc(F)cc3)OCCCC[C@H](C)Oc3cccnc3C2=O)cc1. The van der Waals surface area contributed by atoms with Gasteiger partial charge >= 0.3 is 0 Å². The van der Waals surface area contributed by atoms with Crippen LogP contribution in [-0.4, -0.2) is 87.2 Å². The Morgan fingerprint density at radius 1 is 1.09 bits per heavy atom. The number of fused-ring (bicyclic) bond motifs is 1. The van der Waals surface area contributed by atoms with Gasteiger partial charge in [-0.15, -0.1) is 0 Å². The normalized spacial score (nSPS) is 20.6. The largest absolute Gasteiger partial charge is 0.497 e. The van der Waals surface area contributed by atoms with Gasteiger partial charge in [0, 0.05) is 38.9 Å². The number of hydrogen-bond donors (Lipinski definition) is 0. The van der Waals surface area contributed by atoms with Gasteiger partial charge in [-0.2, -0.15) is 4.31 Å². The summed E-state index contributed by atoms with van der Waals surface area (Å²) < 4.78 is 65.4. The third kappa shape index (κ3) is 9.96. The number of pyridine rings is 1. The van der Waals surface area contributed by atoms with Crippen LogP contribution in [-0.2, 0) is 26.1 Å². The average Bonchev–Trinajstić information content (AvgIpc) is 3.06. The number of halogens is 1. The van der Waals surface area contributed by atoms with Gasteiger partial charge in [0.05, 0.1) is 43.5 Å². The van der Waals surface area contributed by atoms with Gasteiger partial charge in [-0.1, -0.05) is 19.1 Å². The summed E-state index contributed by atoms with van der Waals surface area (Å²) in [6.45, 7) is 7.10. The summed E-state index contributed by atoms with van der Waals surface area (Å²) in [4.78, 5) is 20.4. The molecule has 10 nitrogen and oxygen atoms in total. The Bertz CT molecular complexity index is 1540. The van der Waals surface area contributed by atoms with E-state index in [-0.39, 0.29) is 54.3 Å². The molecule has 0 fully saturated rings. The van der Waals surface area contributed by atoms with Crippen LogP contribution in [0.4, 0.5) is 4.39 Å². The molecule has 4 rings (SSSR count). The summed E-state index contributed by atoms with van der Waals surface area (Å²) >= 11 is 0. The molecule has 12 heteroatoms. The predicted octanol–water partition coefficient (Wildman–Crippen LogP) is 5.57. The lowest BCUT2D eigenvalue weighted by Crippen LogP contribution is -2.48. The van der Waals surface area contributed by atoms with Crippen molar-refractivity contribution in [1.82, 2.24) is 14.2 Å². The first-order valence-electron chi connectivity index (χ1n) is 16.0. The molecule has 3 aromatic rings. The maximum absolute atomic E-state index is 14.2. The fourth-order valence-electron chi connectivity index (χ4n) is 5.41. The summed E-state index contributed by atoms with van der Waals surface area (Å²) in [5.41, 5.74) is 1.17. The van der Waals surface area contributed by atoms with Crippen LogP contribution in [0.2, 0.25) is 0 Å². The van der Waals surface area contributed by atoms with Gasteiger partial charge in [0.2, 0.25) is 10.0 Å². The molecule has 0 saturated heterocycles. The maximum Gasteiger partial charge on any atom is 0.276 e. The number of benzene rings is 2. The minimum atomic E-state index is -3.92. The smallest absolute Gasteiger partial charge is 0.276 e. The van der Waals surface area contributed by atoms with E-state index in [0.717, 1.165) is 42.7 Å². The zero-order chi connectivity index (χ0) is 34.0. The van der Waals surface area contributed by atoms with E-state index < -0.39 is 21.9 Å². The topological polar surface area (TPSA) is 108 Å². The minimum Gasteiger partial charge on any atom is -0.497 e. The third-order valence-electron chi connectivity index (χ3n) is 8.30. The Hall–Kier alpha value is -3.58. The second-order valence-electron chi connectivity index (χ2n) is 12.1. The highest BCUT2D eigenvalue weighted by Gasteiger charge is 2.33. The first-order chi connectivity index (χ1) is 22.5. The molecule has 0 radical (unpaired) electrons. The van der Waals surface area contributed by atoms with Gasteiger partial charge in [0.15, 0.2) is 11.4 Å². The zero-order valence-electron chi connectivity index (χ0n) is 27.8. The quantitative estimate of drug-likeness (QED) is 0.276. The molecule has 0 bridgehead atoms. The standard InChI is InChI=1S/C35H46FN3O7S/c1-25-21-39(26(2)23-44-24-28-11-15-30(43-5)16-12-28)35(40)34-32(10-8-19-37-34)46-27(3)9-6-7-20-45-33(25)22-38(4)47(41,42)31-17-13-29(36)14-18-31/h8,10-19,25-27,33H,6-7,9,20-24H2,1-5H3/t25-,26+,27+,33+/m1/s1. The van der Waals surface area contributed by atoms with Crippen molar-refractivity contribution in [2.75, 3.05) is 40.5 Å². The van der Waals surface area contributed by atoms with Crippen molar-refractivity contribution in [2.45, 2.75) is 69.8 Å². The zero-order valence-corrected chi connectivity index (χ0v) is 28.6. The van der Waals surface area contributed by atoms with Crippen LogP contribution in [0.25, 0.3) is 0 Å². The van der Waals surface area contributed by atoms with Crippen LogP contribution in [0.15, 0.2) is 71.8 Å². The van der Waals surface area contributed by atoms with E-state index in [9.17, 15) is 17.6 Å². The highest BCUT2D eigenvalue weighted by atomic mass is 32.2. The molecular formula is C35H46FN3O7S.